The molecule has 2 aliphatic rings. The van der Waals surface area contributed by atoms with Crippen molar-refractivity contribution in [3.05, 3.63) is 58.4 Å². The van der Waals surface area contributed by atoms with Crippen LogP contribution in [-0.4, -0.2) is 22.9 Å². The highest BCUT2D eigenvalue weighted by molar-refractivity contribution is 6.32. The molecular weight excluding hydrogens is 458 g/mol. The molecule has 1 amide bonds. The van der Waals surface area contributed by atoms with E-state index in [9.17, 15) is 13.6 Å². The Morgan fingerprint density at radius 3 is 2.32 bits per heavy atom. The van der Waals surface area contributed by atoms with Crippen molar-refractivity contribution in [1.29, 1.82) is 0 Å². The summed E-state index contributed by atoms with van der Waals surface area (Å²) in [5.74, 6) is -1.41. The quantitative estimate of drug-likeness (QED) is 0.461. The summed E-state index contributed by atoms with van der Waals surface area (Å²) in [6.07, 6.45) is 6.41. The molecule has 0 radical (unpaired) electrons. The molecule has 184 valence electrons. The molecule has 1 heterocycles. The Morgan fingerprint density at radius 1 is 1.06 bits per heavy atom. The highest BCUT2D eigenvalue weighted by Gasteiger charge is 2.36. The van der Waals surface area contributed by atoms with Crippen LogP contribution in [0, 0.1) is 0 Å². The summed E-state index contributed by atoms with van der Waals surface area (Å²) in [5.41, 5.74) is 2.92. The van der Waals surface area contributed by atoms with Crippen molar-refractivity contribution >= 4 is 17.5 Å². The number of hydrogen-bond donors (Lipinski definition) is 1. The first kappa shape index (κ1) is 24.9. The summed E-state index contributed by atoms with van der Waals surface area (Å²) in [5, 5.41) is 3.56. The summed E-state index contributed by atoms with van der Waals surface area (Å²) in [6, 6.07) is 9.74. The molecule has 4 rings (SSSR count). The van der Waals surface area contributed by atoms with E-state index in [2.05, 4.69) is 10.3 Å². The van der Waals surface area contributed by atoms with Gasteiger partial charge in [-0.05, 0) is 80.7 Å². The maximum Gasteiger partial charge on any atom is 0.248 e. The Balaban J connectivity index is 1.33. The number of nitrogens with one attached hydrogen (secondary N) is 1. The van der Waals surface area contributed by atoms with Crippen molar-refractivity contribution in [1.82, 2.24) is 10.3 Å². The van der Waals surface area contributed by atoms with Gasteiger partial charge in [0.15, 0.2) is 0 Å². The van der Waals surface area contributed by atoms with E-state index in [1.165, 1.54) is 6.92 Å². The second kappa shape index (κ2) is 10.6. The van der Waals surface area contributed by atoms with Gasteiger partial charge in [-0.25, -0.2) is 8.78 Å². The Bertz CT molecular complexity index is 981. The zero-order valence-electron chi connectivity index (χ0n) is 19.8. The SMILES string of the molecule is CC(=O)N[C@@H](C)c1ccc(OC2CCC(c3nccc(C4CCC(F)(F)CC4)c3Cl)CC2)cc1. The van der Waals surface area contributed by atoms with Crippen LogP contribution < -0.4 is 10.1 Å². The van der Waals surface area contributed by atoms with Crippen LogP contribution in [-0.2, 0) is 4.79 Å². The number of carbonyl (C=O) groups is 1. The number of aromatic nitrogens is 1. The van der Waals surface area contributed by atoms with Gasteiger partial charge in [-0.1, -0.05) is 23.7 Å². The lowest BCUT2D eigenvalue weighted by atomic mass is 9.80. The van der Waals surface area contributed by atoms with Crippen LogP contribution in [0.25, 0.3) is 0 Å². The Hall–Kier alpha value is -2.21. The fourth-order valence-electron chi connectivity index (χ4n) is 5.30. The predicted octanol–water partition coefficient (Wildman–Crippen LogP) is 7.33. The molecule has 2 saturated carbocycles. The minimum Gasteiger partial charge on any atom is -0.490 e. The highest BCUT2D eigenvalue weighted by Crippen LogP contribution is 2.45. The number of carbonyl (C=O) groups excluding carboxylic acids is 1. The van der Waals surface area contributed by atoms with Crippen LogP contribution >= 0.6 is 11.6 Å². The smallest absolute Gasteiger partial charge is 0.248 e. The van der Waals surface area contributed by atoms with Crippen LogP contribution in [0.3, 0.4) is 0 Å². The molecule has 1 N–H and O–H groups in total. The first-order valence-corrected chi connectivity index (χ1v) is 12.7. The molecule has 1 atom stereocenters. The third kappa shape index (κ3) is 6.07. The Morgan fingerprint density at radius 2 is 1.71 bits per heavy atom. The number of pyridine rings is 1. The molecule has 7 heteroatoms. The molecule has 1 aromatic heterocycles. The summed E-state index contributed by atoms with van der Waals surface area (Å²) >= 11 is 6.78. The van der Waals surface area contributed by atoms with Crippen molar-refractivity contribution in [2.45, 2.75) is 95.1 Å². The van der Waals surface area contributed by atoms with Crippen molar-refractivity contribution in [3.8, 4) is 5.75 Å². The predicted molar refractivity (Wildman–Crippen MR) is 130 cm³/mol. The van der Waals surface area contributed by atoms with E-state index in [4.69, 9.17) is 16.3 Å². The molecule has 1 aromatic carbocycles. The number of hydrogen-bond acceptors (Lipinski definition) is 3. The van der Waals surface area contributed by atoms with Crippen LogP contribution in [0.4, 0.5) is 8.78 Å². The Kier molecular flexibility index (Phi) is 7.76. The minimum absolute atomic E-state index is 0.0416. The van der Waals surface area contributed by atoms with E-state index in [1.807, 2.05) is 37.3 Å². The largest absolute Gasteiger partial charge is 0.490 e. The standard InChI is InChI=1S/C27H33ClF2N2O2/c1-17(32-18(2)33)19-3-7-22(8-4-19)34-23-9-5-21(6-10-23)26-25(28)24(13-16-31-26)20-11-14-27(29,30)15-12-20/h3-4,7-8,13,16-17,20-21,23H,5-6,9-12,14-15H2,1-2H3,(H,32,33)/t17-,21?,23?/m0/s1. The van der Waals surface area contributed by atoms with E-state index in [1.54, 1.807) is 6.20 Å². The molecule has 0 spiro atoms. The van der Waals surface area contributed by atoms with Gasteiger partial charge in [0.25, 0.3) is 0 Å². The number of ether oxygens (including phenoxy) is 1. The van der Waals surface area contributed by atoms with Gasteiger partial charge in [0, 0.05) is 31.9 Å². The summed E-state index contributed by atoms with van der Waals surface area (Å²) in [7, 11) is 0. The van der Waals surface area contributed by atoms with Crippen molar-refractivity contribution < 1.29 is 18.3 Å². The van der Waals surface area contributed by atoms with Crippen LogP contribution in [0.2, 0.25) is 5.02 Å². The average molecular weight is 491 g/mol. The number of amides is 1. The van der Waals surface area contributed by atoms with E-state index in [0.29, 0.717) is 17.9 Å². The van der Waals surface area contributed by atoms with Crippen LogP contribution in [0.5, 0.6) is 5.75 Å². The topological polar surface area (TPSA) is 51.2 Å². The fourth-order valence-corrected chi connectivity index (χ4v) is 5.72. The number of rotatable bonds is 6. The normalized spacial score (nSPS) is 23.8. The van der Waals surface area contributed by atoms with Gasteiger partial charge in [-0.3, -0.25) is 9.78 Å². The number of nitrogens with zero attached hydrogens (tertiary/aromatic N) is 1. The summed E-state index contributed by atoms with van der Waals surface area (Å²) in [6.45, 7) is 3.47. The third-order valence-corrected chi connectivity index (χ3v) is 7.68. The molecule has 4 nitrogen and oxygen atoms in total. The molecule has 0 bridgehead atoms. The highest BCUT2D eigenvalue weighted by atomic mass is 35.5. The minimum atomic E-state index is -2.54. The first-order chi connectivity index (χ1) is 16.2. The lowest BCUT2D eigenvalue weighted by molar-refractivity contribution is -0.119. The van der Waals surface area contributed by atoms with Crippen molar-refractivity contribution in [2.24, 2.45) is 0 Å². The second-order valence-corrected chi connectivity index (χ2v) is 10.2. The summed E-state index contributed by atoms with van der Waals surface area (Å²) < 4.78 is 33.4. The molecule has 34 heavy (non-hydrogen) atoms. The molecule has 0 unspecified atom stereocenters. The van der Waals surface area contributed by atoms with E-state index < -0.39 is 5.92 Å². The first-order valence-electron chi connectivity index (χ1n) is 12.3. The monoisotopic (exact) mass is 490 g/mol. The number of halogens is 3. The lowest BCUT2D eigenvalue weighted by Gasteiger charge is -2.31. The van der Waals surface area contributed by atoms with Gasteiger partial charge in [0.2, 0.25) is 11.8 Å². The van der Waals surface area contributed by atoms with Gasteiger partial charge in [0.1, 0.15) is 5.75 Å². The van der Waals surface area contributed by atoms with E-state index >= 15 is 0 Å². The average Bonchev–Trinajstić information content (AvgIpc) is 2.80. The fraction of sp³-hybridized carbons (Fsp3) is 0.556. The third-order valence-electron chi connectivity index (χ3n) is 7.27. The molecule has 2 fully saturated rings. The van der Waals surface area contributed by atoms with Crippen molar-refractivity contribution in [2.75, 3.05) is 0 Å². The summed E-state index contributed by atoms with van der Waals surface area (Å²) in [4.78, 5) is 15.8. The van der Waals surface area contributed by atoms with Gasteiger partial charge in [-0.15, -0.1) is 0 Å². The number of benzene rings is 1. The number of alkyl halides is 2. The second-order valence-electron chi connectivity index (χ2n) is 9.81. The zero-order chi connectivity index (χ0) is 24.3. The maximum atomic E-state index is 13.6. The van der Waals surface area contributed by atoms with Crippen LogP contribution in [0.15, 0.2) is 36.5 Å². The van der Waals surface area contributed by atoms with Gasteiger partial charge in [-0.2, -0.15) is 0 Å². The molecule has 0 aliphatic heterocycles. The van der Waals surface area contributed by atoms with E-state index in [0.717, 1.165) is 48.3 Å². The van der Waals surface area contributed by atoms with Crippen LogP contribution in [0.1, 0.15) is 99.9 Å². The zero-order valence-corrected chi connectivity index (χ0v) is 20.6. The van der Waals surface area contributed by atoms with Gasteiger partial charge >= 0.3 is 0 Å². The molecule has 2 aromatic rings. The molecule has 0 saturated heterocycles. The molecule has 2 aliphatic carbocycles. The molecular formula is C27H33ClF2N2O2. The van der Waals surface area contributed by atoms with Gasteiger partial charge in [0.05, 0.1) is 22.9 Å². The van der Waals surface area contributed by atoms with Gasteiger partial charge < -0.3 is 10.1 Å². The van der Waals surface area contributed by atoms with E-state index in [-0.39, 0.29) is 42.7 Å². The maximum absolute atomic E-state index is 13.6. The Labute approximate surface area is 205 Å². The van der Waals surface area contributed by atoms with Crippen molar-refractivity contribution in [3.63, 3.8) is 0 Å². The lowest BCUT2D eigenvalue weighted by Crippen LogP contribution is -2.25.